The van der Waals surface area contributed by atoms with E-state index in [0.717, 1.165) is 47.1 Å². The van der Waals surface area contributed by atoms with Crippen molar-refractivity contribution in [3.63, 3.8) is 0 Å². The molecule has 7 nitrogen and oxygen atoms in total. The number of nitrogens with zero attached hydrogens (tertiary/aromatic N) is 3. The molecule has 8 heteroatoms. The first-order valence-corrected chi connectivity index (χ1v) is 13.0. The molecule has 1 unspecified atom stereocenters. The predicted molar refractivity (Wildman–Crippen MR) is 136 cm³/mol. The molecule has 33 heavy (non-hydrogen) atoms. The van der Waals surface area contributed by atoms with Crippen molar-refractivity contribution >= 4 is 29.4 Å². The Balaban J connectivity index is 1.78. The van der Waals surface area contributed by atoms with Crippen LogP contribution in [0.1, 0.15) is 71.0 Å². The first-order valence-electron chi connectivity index (χ1n) is 11.7. The molecule has 0 bridgehead atoms. The molecule has 1 amide bonds. The Morgan fingerprint density at radius 3 is 2.67 bits per heavy atom. The summed E-state index contributed by atoms with van der Waals surface area (Å²) in [5.74, 6) is 0.898. The van der Waals surface area contributed by atoms with E-state index in [1.165, 1.54) is 0 Å². The lowest BCUT2D eigenvalue weighted by Gasteiger charge is -2.35. The van der Waals surface area contributed by atoms with Crippen LogP contribution in [-0.2, 0) is 11.3 Å². The summed E-state index contributed by atoms with van der Waals surface area (Å²) in [6.45, 7) is 11.3. The van der Waals surface area contributed by atoms with Crippen molar-refractivity contribution in [2.45, 2.75) is 83.3 Å². The van der Waals surface area contributed by atoms with Crippen LogP contribution in [-0.4, -0.2) is 40.5 Å². The van der Waals surface area contributed by atoms with Gasteiger partial charge in [-0.2, -0.15) is 0 Å². The number of para-hydroxylation sites is 1. The van der Waals surface area contributed by atoms with Crippen LogP contribution in [0.5, 0.6) is 0 Å². The normalized spacial score (nSPS) is 16.0. The largest absolute Gasteiger partial charge is 0.443 e. The molecule has 0 fully saturated rings. The number of ether oxygens (including phenoxy) is 1. The van der Waals surface area contributed by atoms with Gasteiger partial charge in [-0.05, 0) is 57.9 Å². The number of nitrogens with one attached hydrogen (secondary N) is 2. The van der Waals surface area contributed by atoms with Gasteiger partial charge in [-0.25, -0.2) is 14.8 Å². The number of hydrogen-bond donors (Lipinski definition) is 2. The van der Waals surface area contributed by atoms with E-state index in [0.29, 0.717) is 19.1 Å². The number of carbonyl (C=O) groups excluding carboxylic acids is 1. The molecule has 0 aliphatic carbocycles. The monoisotopic (exact) mass is 471 g/mol. The minimum absolute atomic E-state index is 0.126. The molecular weight excluding hydrogens is 434 g/mol. The van der Waals surface area contributed by atoms with Crippen LogP contribution in [0.2, 0.25) is 0 Å². The lowest BCUT2D eigenvalue weighted by Crippen LogP contribution is -2.42. The van der Waals surface area contributed by atoms with Gasteiger partial charge >= 0.3 is 6.09 Å². The fourth-order valence-corrected chi connectivity index (χ4v) is 4.28. The van der Waals surface area contributed by atoms with Gasteiger partial charge < -0.3 is 15.4 Å². The quantitative estimate of drug-likeness (QED) is 0.373. The van der Waals surface area contributed by atoms with Crippen molar-refractivity contribution in [1.29, 1.82) is 0 Å². The Kier molecular flexibility index (Phi) is 8.59. The van der Waals surface area contributed by atoms with E-state index in [1.807, 2.05) is 51.4 Å². The van der Waals surface area contributed by atoms with Crippen LogP contribution >= 0.6 is 11.8 Å². The van der Waals surface area contributed by atoms with Gasteiger partial charge in [-0.15, -0.1) is 0 Å². The number of aromatic nitrogens is 2. The van der Waals surface area contributed by atoms with Crippen molar-refractivity contribution in [3.8, 4) is 0 Å². The number of fused-ring (bicyclic) bond motifs is 1. The summed E-state index contributed by atoms with van der Waals surface area (Å²) in [5.41, 5.74) is 2.53. The van der Waals surface area contributed by atoms with Gasteiger partial charge in [-0.3, -0.25) is 4.90 Å². The summed E-state index contributed by atoms with van der Waals surface area (Å²) in [5, 5.41) is 8.05. The van der Waals surface area contributed by atoms with Gasteiger partial charge in [0.1, 0.15) is 11.4 Å². The Hall–Kier alpha value is -2.32. The second-order valence-electron chi connectivity index (χ2n) is 9.30. The molecule has 0 radical (unpaired) electrons. The number of amides is 1. The van der Waals surface area contributed by atoms with Gasteiger partial charge in [0.2, 0.25) is 0 Å². The number of thioether (sulfide) groups is 1. The third-order valence-electron chi connectivity index (χ3n) is 5.75. The van der Waals surface area contributed by atoms with E-state index < -0.39 is 5.60 Å². The minimum Gasteiger partial charge on any atom is -0.443 e. The zero-order valence-electron chi connectivity index (χ0n) is 20.6. The van der Waals surface area contributed by atoms with Crippen LogP contribution in [0.3, 0.4) is 0 Å². The molecule has 1 aliphatic rings. The second kappa shape index (κ2) is 11.2. The first kappa shape index (κ1) is 25.3. The maximum atomic E-state index is 12.8. The summed E-state index contributed by atoms with van der Waals surface area (Å²) in [6.07, 6.45) is 6.49. The Labute approximate surface area is 202 Å². The van der Waals surface area contributed by atoms with Crippen LogP contribution in [0, 0.1) is 0 Å². The number of carbonyl (C=O) groups is 1. The summed E-state index contributed by atoms with van der Waals surface area (Å²) in [6, 6.07) is 8.56. The van der Waals surface area contributed by atoms with E-state index in [-0.39, 0.29) is 12.1 Å². The highest BCUT2D eigenvalue weighted by Gasteiger charge is 2.31. The molecule has 3 rings (SSSR count). The average Bonchev–Trinajstić information content (AvgIpc) is 2.80. The Morgan fingerprint density at radius 1 is 1.27 bits per heavy atom. The smallest absolute Gasteiger partial charge is 0.414 e. The molecule has 180 valence electrons. The van der Waals surface area contributed by atoms with Gasteiger partial charge in [0.25, 0.3) is 0 Å². The van der Waals surface area contributed by atoms with Crippen LogP contribution in [0.15, 0.2) is 35.6 Å². The second-order valence-corrected chi connectivity index (χ2v) is 10.1. The molecule has 0 saturated heterocycles. The summed E-state index contributed by atoms with van der Waals surface area (Å²) < 4.78 is 5.63. The number of benzene rings is 1. The van der Waals surface area contributed by atoms with E-state index in [9.17, 15) is 4.79 Å². The fourth-order valence-electron chi connectivity index (χ4n) is 3.94. The number of rotatable bonds is 8. The van der Waals surface area contributed by atoms with E-state index in [2.05, 4.69) is 35.5 Å². The molecule has 0 spiro atoms. The SMILES string of the molecule is CCC(CC)Nc1nc(SC)ncc1CNC1CCN(C(=O)OC(C)(C)C)c2ccccc21. The van der Waals surface area contributed by atoms with Crippen molar-refractivity contribution < 1.29 is 9.53 Å². The maximum Gasteiger partial charge on any atom is 0.414 e. The van der Waals surface area contributed by atoms with Gasteiger partial charge in [-0.1, -0.05) is 43.8 Å². The predicted octanol–water partition coefficient (Wildman–Crippen LogP) is 5.78. The zero-order chi connectivity index (χ0) is 24.0. The molecular formula is C25H37N5O2S. The summed E-state index contributed by atoms with van der Waals surface area (Å²) in [7, 11) is 0. The highest BCUT2D eigenvalue weighted by atomic mass is 32.2. The van der Waals surface area contributed by atoms with Crippen LogP contribution in [0.4, 0.5) is 16.3 Å². The summed E-state index contributed by atoms with van der Waals surface area (Å²) in [4.78, 5) is 23.8. The number of anilines is 2. The molecule has 1 aliphatic heterocycles. The Morgan fingerprint density at radius 2 is 2.00 bits per heavy atom. The molecule has 2 aromatic rings. The molecule has 2 heterocycles. The average molecular weight is 472 g/mol. The van der Waals surface area contributed by atoms with Gasteiger partial charge in [0.15, 0.2) is 5.16 Å². The maximum absolute atomic E-state index is 12.8. The third-order valence-corrected chi connectivity index (χ3v) is 6.31. The molecule has 2 N–H and O–H groups in total. The van der Waals surface area contributed by atoms with E-state index in [4.69, 9.17) is 9.72 Å². The van der Waals surface area contributed by atoms with Gasteiger partial charge in [0.05, 0.1) is 5.69 Å². The van der Waals surface area contributed by atoms with Gasteiger partial charge in [0, 0.05) is 36.9 Å². The van der Waals surface area contributed by atoms with Crippen molar-refractivity contribution in [1.82, 2.24) is 15.3 Å². The van der Waals surface area contributed by atoms with Crippen LogP contribution in [0.25, 0.3) is 0 Å². The third kappa shape index (κ3) is 6.60. The first-order chi connectivity index (χ1) is 15.8. The van der Waals surface area contributed by atoms with Crippen molar-refractivity contribution in [2.75, 3.05) is 23.0 Å². The number of hydrogen-bond acceptors (Lipinski definition) is 7. The Bertz CT molecular complexity index is 943. The highest BCUT2D eigenvalue weighted by molar-refractivity contribution is 7.98. The van der Waals surface area contributed by atoms with Crippen LogP contribution < -0.4 is 15.5 Å². The molecule has 1 aromatic carbocycles. The summed E-state index contributed by atoms with van der Waals surface area (Å²) >= 11 is 1.55. The fraction of sp³-hybridized carbons (Fsp3) is 0.560. The van der Waals surface area contributed by atoms with Crippen molar-refractivity contribution in [3.05, 3.63) is 41.6 Å². The molecule has 1 aromatic heterocycles. The van der Waals surface area contributed by atoms with E-state index >= 15 is 0 Å². The lowest BCUT2D eigenvalue weighted by molar-refractivity contribution is 0.0576. The highest BCUT2D eigenvalue weighted by Crippen LogP contribution is 2.35. The topological polar surface area (TPSA) is 79.4 Å². The lowest BCUT2D eigenvalue weighted by atomic mass is 9.96. The van der Waals surface area contributed by atoms with E-state index in [1.54, 1.807) is 16.7 Å². The van der Waals surface area contributed by atoms with Crippen molar-refractivity contribution in [2.24, 2.45) is 0 Å². The standard InChI is InChI=1S/C25H37N5O2S/c1-7-18(8-2)28-22-17(16-27-23(29-22)33-6)15-26-20-13-14-30(24(31)32-25(3,4)5)21-12-10-9-11-19(20)21/h9-12,16,18,20,26H,7-8,13-15H2,1-6H3,(H,27,28,29). The molecule has 1 atom stereocenters. The molecule has 0 saturated carbocycles. The zero-order valence-corrected chi connectivity index (χ0v) is 21.5. The minimum atomic E-state index is -0.525.